The molecule has 1 saturated heterocycles. The Hall–Kier alpha value is -2.08. The van der Waals surface area contributed by atoms with E-state index in [0.717, 1.165) is 44.8 Å². The van der Waals surface area contributed by atoms with Crippen molar-refractivity contribution < 1.29 is 9.59 Å². The largest absolute Gasteiger partial charge is 0.369 e. The molecule has 1 aliphatic rings. The fraction of sp³-hybridized carbons (Fsp3) is 0.556. The van der Waals surface area contributed by atoms with Gasteiger partial charge in [0.1, 0.15) is 0 Å². The third kappa shape index (κ3) is 4.96. The molecule has 2 N–H and O–H groups in total. The molecule has 24 heavy (non-hydrogen) atoms. The molecule has 0 bridgehead atoms. The molecule has 2 rings (SSSR count). The first-order chi connectivity index (χ1) is 11.5. The number of nitrogens with one attached hydrogen (secondary N) is 2. The SMILES string of the molecule is CC[C@H](C)NC(=O)C(=O)Nc1ccc(N2CCN(CC)CC2)cc1. The van der Waals surface area contributed by atoms with E-state index in [1.54, 1.807) is 0 Å². The first-order valence-corrected chi connectivity index (χ1v) is 8.72. The van der Waals surface area contributed by atoms with Gasteiger partial charge in [-0.1, -0.05) is 13.8 Å². The summed E-state index contributed by atoms with van der Waals surface area (Å²) in [7, 11) is 0. The first kappa shape index (κ1) is 18.3. The molecule has 1 heterocycles. The topological polar surface area (TPSA) is 64.7 Å². The van der Waals surface area contributed by atoms with E-state index in [0.29, 0.717) is 5.69 Å². The van der Waals surface area contributed by atoms with Gasteiger partial charge in [-0.05, 0) is 44.2 Å². The van der Waals surface area contributed by atoms with Crippen LogP contribution in [0.15, 0.2) is 24.3 Å². The van der Waals surface area contributed by atoms with Gasteiger partial charge in [0.25, 0.3) is 0 Å². The molecule has 0 aromatic heterocycles. The lowest BCUT2D eigenvalue weighted by Gasteiger charge is -2.35. The maximum atomic E-state index is 11.9. The van der Waals surface area contributed by atoms with E-state index in [1.165, 1.54) is 0 Å². The van der Waals surface area contributed by atoms with Gasteiger partial charge in [0.05, 0.1) is 0 Å². The highest BCUT2D eigenvalue weighted by Gasteiger charge is 2.17. The molecule has 6 heteroatoms. The third-order valence-corrected chi connectivity index (χ3v) is 4.51. The number of nitrogens with zero attached hydrogens (tertiary/aromatic N) is 2. The van der Waals surface area contributed by atoms with Gasteiger partial charge in [-0.25, -0.2) is 0 Å². The molecule has 0 unspecified atom stereocenters. The maximum absolute atomic E-state index is 11.9. The van der Waals surface area contributed by atoms with Crippen LogP contribution in [0.3, 0.4) is 0 Å². The zero-order valence-corrected chi connectivity index (χ0v) is 14.8. The lowest BCUT2D eigenvalue weighted by atomic mass is 10.2. The zero-order valence-electron chi connectivity index (χ0n) is 14.8. The highest BCUT2D eigenvalue weighted by atomic mass is 16.2. The Morgan fingerprint density at radius 1 is 1.04 bits per heavy atom. The van der Waals surface area contributed by atoms with Crippen LogP contribution < -0.4 is 15.5 Å². The summed E-state index contributed by atoms with van der Waals surface area (Å²) in [6.45, 7) is 11.3. The van der Waals surface area contributed by atoms with Crippen molar-refractivity contribution in [2.24, 2.45) is 0 Å². The van der Waals surface area contributed by atoms with Crippen LogP contribution in [0.1, 0.15) is 27.2 Å². The van der Waals surface area contributed by atoms with Gasteiger partial charge in [0, 0.05) is 43.6 Å². The lowest BCUT2D eigenvalue weighted by molar-refractivity contribution is -0.136. The predicted octanol–water partition coefficient (Wildman–Crippen LogP) is 1.68. The van der Waals surface area contributed by atoms with Gasteiger partial charge in [-0.15, -0.1) is 0 Å². The molecule has 132 valence electrons. The molecule has 0 spiro atoms. The van der Waals surface area contributed by atoms with E-state index in [4.69, 9.17) is 0 Å². The monoisotopic (exact) mass is 332 g/mol. The van der Waals surface area contributed by atoms with Crippen molar-refractivity contribution in [3.05, 3.63) is 24.3 Å². The molecule has 2 amide bonds. The van der Waals surface area contributed by atoms with Crippen LogP contribution in [0.5, 0.6) is 0 Å². The van der Waals surface area contributed by atoms with Gasteiger partial charge in [0.2, 0.25) is 0 Å². The summed E-state index contributed by atoms with van der Waals surface area (Å²) < 4.78 is 0. The standard InChI is InChI=1S/C18H28N4O2/c1-4-14(3)19-17(23)18(24)20-15-6-8-16(9-7-15)22-12-10-21(5-2)11-13-22/h6-9,14H,4-5,10-13H2,1-3H3,(H,19,23)(H,20,24)/t14-/m0/s1. The van der Waals surface area contributed by atoms with Gasteiger partial charge in [-0.2, -0.15) is 0 Å². The molecular formula is C18H28N4O2. The maximum Gasteiger partial charge on any atom is 0.313 e. The Morgan fingerprint density at radius 3 is 2.21 bits per heavy atom. The van der Waals surface area contributed by atoms with E-state index in [-0.39, 0.29) is 6.04 Å². The Morgan fingerprint density at radius 2 is 1.67 bits per heavy atom. The van der Waals surface area contributed by atoms with Crippen LogP contribution >= 0.6 is 0 Å². The molecule has 1 aromatic carbocycles. The first-order valence-electron chi connectivity index (χ1n) is 8.72. The summed E-state index contributed by atoms with van der Waals surface area (Å²) in [4.78, 5) is 28.4. The predicted molar refractivity (Wildman–Crippen MR) is 97.3 cm³/mol. The number of amides is 2. The van der Waals surface area contributed by atoms with E-state index >= 15 is 0 Å². The fourth-order valence-electron chi connectivity index (χ4n) is 2.66. The summed E-state index contributed by atoms with van der Waals surface area (Å²) in [6.07, 6.45) is 0.791. The number of hydrogen-bond donors (Lipinski definition) is 2. The molecule has 1 aromatic rings. The Kier molecular flexibility index (Phi) is 6.61. The van der Waals surface area contributed by atoms with Gasteiger partial charge in [0.15, 0.2) is 0 Å². The van der Waals surface area contributed by atoms with Crippen molar-refractivity contribution in [2.75, 3.05) is 42.9 Å². The van der Waals surface area contributed by atoms with E-state index in [9.17, 15) is 9.59 Å². The second-order valence-electron chi connectivity index (χ2n) is 6.21. The van der Waals surface area contributed by atoms with E-state index < -0.39 is 11.8 Å². The molecule has 1 aliphatic heterocycles. The third-order valence-electron chi connectivity index (χ3n) is 4.51. The number of carbonyl (C=O) groups excluding carboxylic acids is 2. The van der Waals surface area contributed by atoms with Crippen molar-refractivity contribution in [2.45, 2.75) is 33.2 Å². The van der Waals surface area contributed by atoms with Crippen molar-refractivity contribution >= 4 is 23.2 Å². The van der Waals surface area contributed by atoms with E-state index in [2.05, 4.69) is 27.4 Å². The Balaban J connectivity index is 1.88. The normalized spacial score (nSPS) is 16.5. The Labute approximate surface area is 144 Å². The van der Waals surface area contributed by atoms with Gasteiger partial charge >= 0.3 is 11.8 Å². The second-order valence-corrected chi connectivity index (χ2v) is 6.21. The zero-order chi connectivity index (χ0) is 17.5. The van der Waals surface area contributed by atoms with Crippen molar-refractivity contribution in [1.82, 2.24) is 10.2 Å². The number of anilines is 2. The number of hydrogen-bond acceptors (Lipinski definition) is 4. The summed E-state index contributed by atoms with van der Waals surface area (Å²) in [6, 6.07) is 7.66. The highest BCUT2D eigenvalue weighted by molar-refractivity contribution is 6.39. The molecule has 6 nitrogen and oxygen atoms in total. The number of rotatable bonds is 5. The minimum absolute atomic E-state index is 0.00702. The fourth-order valence-corrected chi connectivity index (χ4v) is 2.66. The number of piperazine rings is 1. The van der Waals surface area contributed by atoms with Crippen LogP contribution in [-0.2, 0) is 9.59 Å². The lowest BCUT2D eigenvalue weighted by Crippen LogP contribution is -2.46. The molecule has 1 atom stereocenters. The molecule has 0 aliphatic carbocycles. The van der Waals surface area contributed by atoms with Crippen molar-refractivity contribution in [1.29, 1.82) is 0 Å². The Bertz CT molecular complexity index is 551. The minimum Gasteiger partial charge on any atom is -0.369 e. The summed E-state index contributed by atoms with van der Waals surface area (Å²) in [5, 5.41) is 5.30. The molecule has 0 radical (unpaired) electrons. The molecule has 1 fully saturated rings. The van der Waals surface area contributed by atoms with Gasteiger partial charge in [-0.3, -0.25) is 9.59 Å². The highest BCUT2D eigenvalue weighted by Crippen LogP contribution is 2.19. The van der Waals surface area contributed by atoms with E-state index in [1.807, 2.05) is 38.1 Å². The second kappa shape index (κ2) is 8.68. The minimum atomic E-state index is -0.625. The average Bonchev–Trinajstić information content (AvgIpc) is 2.62. The summed E-state index contributed by atoms with van der Waals surface area (Å²) >= 11 is 0. The van der Waals surface area contributed by atoms with Gasteiger partial charge < -0.3 is 20.4 Å². The van der Waals surface area contributed by atoms with Crippen molar-refractivity contribution in [3.63, 3.8) is 0 Å². The summed E-state index contributed by atoms with van der Waals surface area (Å²) in [5.41, 5.74) is 1.78. The van der Waals surface area contributed by atoms with Crippen LogP contribution in [0.2, 0.25) is 0 Å². The molecular weight excluding hydrogens is 304 g/mol. The number of benzene rings is 1. The van der Waals surface area contributed by atoms with Crippen LogP contribution in [0, 0.1) is 0 Å². The number of likely N-dealkylation sites (N-methyl/N-ethyl adjacent to an activating group) is 1. The average molecular weight is 332 g/mol. The summed E-state index contributed by atoms with van der Waals surface area (Å²) in [5.74, 6) is -1.22. The van der Waals surface area contributed by atoms with Crippen LogP contribution in [0.4, 0.5) is 11.4 Å². The quantitative estimate of drug-likeness (QED) is 0.805. The van der Waals surface area contributed by atoms with Crippen molar-refractivity contribution in [3.8, 4) is 0 Å². The van der Waals surface area contributed by atoms with Crippen LogP contribution in [-0.4, -0.2) is 55.5 Å². The van der Waals surface area contributed by atoms with Crippen LogP contribution in [0.25, 0.3) is 0 Å². The molecule has 0 saturated carbocycles. The smallest absolute Gasteiger partial charge is 0.313 e. The number of carbonyl (C=O) groups is 2.